The average molecular weight is 345 g/mol. The number of benzene rings is 2. The van der Waals surface area contributed by atoms with Crippen molar-refractivity contribution in [1.29, 1.82) is 0 Å². The van der Waals surface area contributed by atoms with Gasteiger partial charge in [-0.2, -0.15) is 0 Å². The summed E-state index contributed by atoms with van der Waals surface area (Å²) in [5.41, 5.74) is 4.49. The van der Waals surface area contributed by atoms with E-state index in [1.54, 1.807) is 0 Å². The van der Waals surface area contributed by atoms with E-state index in [0.717, 1.165) is 28.7 Å². The van der Waals surface area contributed by atoms with Crippen molar-refractivity contribution in [2.24, 2.45) is 0 Å². The number of hydrogen-bond acceptors (Lipinski definition) is 2. The van der Waals surface area contributed by atoms with E-state index in [-0.39, 0.29) is 11.9 Å². The van der Waals surface area contributed by atoms with E-state index in [1.165, 1.54) is 11.1 Å². The van der Waals surface area contributed by atoms with Crippen molar-refractivity contribution in [3.63, 3.8) is 0 Å². The van der Waals surface area contributed by atoms with E-state index < -0.39 is 0 Å². The molecule has 0 aromatic heterocycles. The first kappa shape index (κ1) is 14.3. The van der Waals surface area contributed by atoms with Crippen LogP contribution < -0.4 is 10.6 Å². The third-order valence-electron chi connectivity index (χ3n) is 3.78. The highest BCUT2D eigenvalue weighted by molar-refractivity contribution is 9.10. The summed E-state index contributed by atoms with van der Waals surface area (Å²) < 4.78 is 0.909. The molecule has 1 aliphatic rings. The molecule has 1 amide bonds. The molecule has 2 aromatic rings. The van der Waals surface area contributed by atoms with Gasteiger partial charge >= 0.3 is 0 Å². The minimum Gasteiger partial charge on any atom is -0.324 e. The summed E-state index contributed by atoms with van der Waals surface area (Å²) in [6.45, 7) is 2.76. The van der Waals surface area contributed by atoms with Crippen molar-refractivity contribution >= 4 is 27.5 Å². The number of anilines is 1. The highest BCUT2D eigenvalue weighted by atomic mass is 79.9. The molecule has 0 aliphatic carbocycles. The van der Waals surface area contributed by atoms with E-state index in [0.29, 0.717) is 0 Å². The van der Waals surface area contributed by atoms with Crippen LogP contribution in [0.4, 0.5) is 5.69 Å². The molecule has 0 saturated heterocycles. The van der Waals surface area contributed by atoms with Gasteiger partial charge in [0.25, 0.3) is 0 Å². The third-order valence-corrected chi connectivity index (χ3v) is 4.44. The molecule has 0 saturated carbocycles. The highest BCUT2D eigenvalue weighted by Gasteiger charge is 2.24. The molecule has 1 heterocycles. The molecule has 1 aliphatic heterocycles. The van der Waals surface area contributed by atoms with Crippen LogP contribution in [-0.4, -0.2) is 11.9 Å². The molecule has 2 N–H and O–H groups in total. The van der Waals surface area contributed by atoms with Crippen molar-refractivity contribution in [2.75, 3.05) is 5.32 Å². The summed E-state index contributed by atoms with van der Waals surface area (Å²) in [5.74, 6) is 0.00839. The average Bonchev–Trinajstić information content (AvgIpc) is 2.49. The normalized spacial score (nSPS) is 17.1. The number of aryl methyl sites for hydroxylation is 1. The van der Waals surface area contributed by atoms with Gasteiger partial charge in [-0.3, -0.25) is 4.79 Å². The van der Waals surface area contributed by atoms with Crippen LogP contribution in [0.5, 0.6) is 0 Å². The zero-order chi connectivity index (χ0) is 14.8. The minimum absolute atomic E-state index is 0.00839. The summed E-state index contributed by atoms with van der Waals surface area (Å²) in [4.78, 5) is 12.4. The second-order valence-electron chi connectivity index (χ2n) is 5.38. The van der Waals surface area contributed by atoms with Gasteiger partial charge in [0.1, 0.15) is 0 Å². The Morgan fingerprint density at radius 3 is 2.76 bits per heavy atom. The zero-order valence-electron chi connectivity index (χ0n) is 11.8. The van der Waals surface area contributed by atoms with E-state index >= 15 is 0 Å². The number of carbonyl (C=O) groups is 1. The smallest absolute Gasteiger partial charge is 0.241 e. The van der Waals surface area contributed by atoms with Crippen molar-refractivity contribution in [2.45, 2.75) is 25.9 Å². The third kappa shape index (κ3) is 3.17. The molecular weight excluding hydrogens is 328 g/mol. The van der Waals surface area contributed by atoms with Crippen LogP contribution >= 0.6 is 15.9 Å². The Kier molecular flexibility index (Phi) is 4.08. The van der Waals surface area contributed by atoms with Crippen molar-refractivity contribution in [3.8, 4) is 0 Å². The van der Waals surface area contributed by atoms with Gasteiger partial charge in [-0.15, -0.1) is 0 Å². The van der Waals surface area contributed by atoms with Gasteiger partial charge < -0.3 is 10.6 Å². The fourth-order valence-electron chi connectivity index (χ4n) is 2.58. The predicted molar refractivity (Wildman–Crippen MR) is 88.3 cm³/mol. The standard InChI is InChI=1S/C17H17BrN2O/c1-11-6-7-15(14(18)8-11)20-17(21)16-9-12-4-2-3-5-13(12)10-19-16/h2-8,16,19H,9-10H2,1H3,(H,20,21). The first-order chi connectivity index (χ1) is 10.1. The Hall–Kier alpha value is -1.65. The largest absolute Gasteiger partial charge is 0.324 e. The number of rotatable bonds is 2. The van der Waals surface area contributed by atoms with Crippen LogP contribution in [0, 0.1) is 6.92 Å². The first-order valence-electron chi connectivity index (χ1n) is 7.00. The lowest BCUT2D eigenvalue weighted by molar-refractivity contribution is -0.118. The van der Waals surface area contributed by atoms with Gasteiger partial charge in [-0.05, 0) is 58.1 Å². The number of hydrogen-bond donors (Lipinski definition) is 2. The fraction of sp³-hybridized carbons (Fsp3) is 0.235. The van der Waals surface area contributed by atoms with Crippen molar-refractivity contribution < 1.29 is 4.79 Å². The van der Waals surface area contributed by atoms with E-state index in [1.807, 2.05) is 37.3 Å². The summed E-state index contributed by atoms with van der Waals surface area (Å²) in [5, 5.41) is 6.29. The van der Waals surface area contributed by atoms with E-state index in [2.05, 4.69) is 38.7 Å². The van der Waals surface area contributed by atoms with Crippen LogP contribution in [0.1, 0.15) is 16.7 Å². The van der Waals surface area contributed by atoms with Gasteiger partial charge in [0, 0.05) is 11.0 Å². The van der Waals surface area contributed by atoms with E-state index in [4.69, 9.17) is 0 Å². The van der Waals surface area contributed by atoms with Crippen LogP contribution in [0.3, 0.4) is 0 Å². The van der Waals surface area contributed by atoms with Gasteiger partial charge in [-0.25, -0.2) is 0 Å². The number of fused-ring (bicyclic) bond motifs is 1. The van der Waals surface area contributed by atoms with Gasteiger partial charge in [0.2, 0.25) is 5.91 Å². The lowest BCUT2D eigenvalue weighted by Gasteiger charge is -2.25. The molecule has 0 radical (unpaired) electrons. The molecule has 1 atom stereocenters. The quantitative estimate of drug-likeness (QED) is 0.876. The second-order valence-corrected chi connectivity index (χ2v) is 6.23. The molecule has 0 spiro atoms. The lowest BCUT2D eigenvalue weighted by Crippen LogP contribution is -2.44. The number of carbonyl (C=O) groups excluding carboxylic acids is 1. The predicted octanol–water partition coefficient (Wildman–Crippen LogP) is 3.41. The molecule has 3 rings (SSSR count). The van der Waals surface area contributed by atoms with Crippen LogP contribution in [0.25, 0.3) is 0 Å². The Labute approximate surface area is 132 Å². The highest BCUT2D eigenvalue weighted by Crippen LogP contribution is 2.24. The first-order valence-corrected chi connectivity index (χ1v) is 7.80. The Bertz CT molecular complexity index is 684. The molecule has 4 heteroatoms. The molecule has 2 aromatic carbocycles. The van der Waals surface area contributed by atoms with Gasteiger partial charge in [0.05, 0.1) is 11.7 Å². The lowest BCUT2D eigenvalue weighted by atomic mass is 9.95. The summed E-state index contributed by atoms with van der Waals surface area (Å²) in [6.07, 6.45) is 0.728. The summed E-state index contributed by atoms with van der Waals surface area (Å²) >= 11 is 3.49. The Morgan fingerprint density at radius 2 is 2.00 bits per heavy atom. The fourth-order valence-corrected chi connectivity index (χ4v) is 3.17. The monoisotopic (exact) mass is 344 g/mol. The molecule has 1 unspecified atom stereocenters. The number of halogens is 1. The Balaban J connectivity index is 1.72. The topological polar surface area (TPSA) is 41.1 Å². The number of amides is 1. The number of nitrogens with one attached hydrogen (secondary N) is 2. The molecule has 108 valence electrons. The van der Waals surface area contributed by atoms with Crippen molar-refractivity contribution in [3.05, 3.63) is 63.6 Å². The maximum Gasteiger partial charge on any atom is 0.241 e. The van der Waals surface area contributed by atoms with Crippen LogP contribution in [0.15, 0.2) is 46.9 Å². The zero-order valence-corrected chi connectivity index (χ0v) is 13.4. The maximum absolute atomic E-state index is 12.4. The Morgan fingerprint density at radius 1 is 1.24 bits per heavy atom. The summed E-state index contributed by atoms with van der Waals surface area (Å²) in [6, 6.07) is 14.0. The molecular formula is C17H17BrN2O. The van der Waals surface area contributed by atoms with Gasteiger partial charge in [-0.1, -0.05) is 30.3 Å². The minimum atomic E-state index is -0.187. The molecule has 21 heavy (non-hydrogen) atoms. The second kappa shape index (κ2) is 6.00. The maximum atomic E-state index is 12.4. The van der Waals surface area contributed by atoms with E-state index in [9.17, 15) is 4.79 Å². The summed E-state index contributed by atoms with van der Waals surface area (Å²) in [7, 11) is 0. The van der Waals surface area contributed by atoms with Crippen LogP contribution in [-0.2, 0) is 17.8 Å². The van der Waals surface area contributed by atoms with Gasteiger partial charge in [0.15, 0.2) is 0 Å². The molecule has 0 fully saturated rings. The molecule has 0 bridgehead atoms. The SMILES string of the molecule is Cc1ccc(NC(=O)C2Cc3ccccc3CN2)c(Br)c1. The molecule has 3 nitrogen and oxygen atoms in total. The van der Waals surface area contributed by atoms with Crippen molar-refractivity contribution in [1.82, 2.24) is 5.32 Å². The van der Waals surface area contributed by atoms with Crippen LogP contribution in [0.2, 0.25) is 0 Å².